The molecule has 0 aromatic rings. The van der Waals surface area contributed by atoms with Gasteiger partial charge in [0.2, 0.25) is 5.91 Å². The summed E-state index contributed by atoms with van der Waals surface area (Å²) in [5.41, 5.74) is 5.37. The molecule has 1 saturated heterocycles. The van der Waals surface area contributed by atoms with Crippen LogP contribution in [0.3, 0.4) is 0 Å². The number of unbranched alkanes of at least 4 members (excludes halogenated alkanes) is 1. The second kappa shape index (κ2) is 6.76. The van der Waals surface area contributed by atoms with Gasteiger partial charge < -0.3 is 21.1 Å². The van der Waals surface area contributed by atoms with Gasteiger partial charge in [-0.15, -0.1) is 0 Å². The van der Waals surface area contributed by atoms with Crippen LogP contribution < -0.4 is 16.4 Å². The molecule has 0 aromatic heterocycles. The van der Waals surface area contributed by atoms with E-state index in [1.165, 1.54) is 0 Å². The van der Waals surface area contributed by atoms with Crippen LogP contribution in [0.25, 0.3) is 0 Å². The first-order valence-electron chi connectivity index (χ1n) is 5.52. The van der Waals surface area contributed by atoms with E-state index in [-0.39, 0.29) is 17.9 Å². The molecule has 2 atom stereocenters. The van der Waals surface area contributed by atoms with E-state index in [4.69, 9.17) is 10.5 Å². The molecule has 0 saturated carbocycles. The number of likely N-dealkylation sites (N-methyl/N-ethyl adjacent to an activating group) is 1. The molecule has 1 amide bonds. The summed E-state index contributed by atoms with van der Waals surface area (Å²) >= 11 is 0. The minimum absolute atomic E-state index is 0.0483. The fourth-order valence-electron chi connectivity index (χ4n) is 1.71. The van der Waals surface area contributed by atoms with Gasteiger partial charge >= 0.3 is 0 Å². The maximum Gasteiger partial charge on any atom is 0.227 e. The van der Waals surface area contributed by atoms with Crippen molar-refractivity contribution in [3.8, 4) is 0 Å². The average molecular weight is 215 g/mol. The van der Waals surface area contributed by atoms with Crippen LogP contribution in [0.15, 0.2) is 0 Å². The Bertz CT molecular complexity index is 199. The lowest BCUT2D eigenvalue weighted by molar-refractivity contribution is -0.125. The van der Waals surface area contributed by atoms with Crippen molar-refractivity contribution in [3.63, 3.8) is 0 Å². The molecule has 1 aliphatic heterocycles. The Kier molecular flexibility index (Phi) is 5.60. The zero-order chi connectivity index (χ0) is 11.1. The fourth-order valence-corrected chi connectivity index (χ4v) is 1.71. The Labute approximate surface area is 90.7 Å². The Morgan fingerprint density at radius 1 is 1.47 bits per heavy atom. The van der Waals surface area contributed by atoms with Crippen molar-refractivity contribution in [2.75, 3.05) is 33.4 Å². The number of carbonyl (C=O) groups excluding carboxylic acids is 1. The molecule has 0 aliphatic carbocycles. The predicted molar refractivity (Wildman–Crippen MR) is 58.5 cm³/mol. The third-order valence-electron chi connectivity index (χ3n) is 2.72. The van der Waals surface area contributed by atoms with E-state index in [0.717, 1.165) is 12.8 Å². The van der Waals surface area contributed by atoms with Gasteiger partial charge in [0.25, 0.3) is 0 Å². The SMILES string of the molecule is CNC1COCC1C(=O)NCCCCN. The minimum atomic E-state index is -0.0483. The molecule has 2 unspecified atom stereocenters. The molecule has 5 nitrogen and oxygen atoms in total. The van der Waals surface area contributed by atoms with Crippen molar-refractivity contribution in [1.82, 2.24) is 10.6 Å². The molecule has 15 heavy (non-hydrogen) atoms. The van der Waals surface area contributed by atoms with E-state index in [1.54, 1.807) is 0 Å². The van der Waals surface area contributed by atoms with Crippen LogP contribution in [-0.2, 0) is 9.53 Å². The van der Waals surface area contributed by atoms with Crippen LogP contribution in [0.5, 0.6) is 0 Å². The second-order valence-electron chi connectivity index (χ2n) is 3.83. The standard InChI is InChI=1S/C10H21N3O2/c1-12-9-7-15-6-8(9)10(14)13-5-3-2-4-11/h8-9,12H,2-7,11H2,1H3,(H,13,14). The number of hydrogen-bond donors (Lipinski definition) is 3. The molecule has 0 aromatic carbocycles. The first-order chi connectivity index (χ1) is 7.29. The topological polar surface area (TPSA) is 76.4 Å². The van der Waals surface area contributed by atoms with Crippen molar-refractivity contribution in [2.24, 2.45) is 11.7 Å². The van der Waals surface area contributed by atoms with Gasteiger partial charge in [0.15, 0.2) is 0 Å². The van der Waals surface area contributed by atoms with E-state index < -0.39 is 0 Å². The summed E-state index contributed by atoms with van der Waals surface area (Å²) in [6.07, 6.45) is 1.90. The van der Waals surface area contributed by atoms with E-state index in [1.807, 2.05) is 7.05 Å². The van der Waals surface area contributed by atoms with Crippen LogP contribution in [0.1, 0.15) is 12.8 Å². The fraction of sp³-hybridized carbons (Fsp3) is 0.900. The maximum absolute atomic E-state index is 11.7. The quantitative estimate of drug-likeness (QED) is 0.501. The molecule has 5 heteroatoms. The number of carbonyl (C=O) groups is 1. The highest BCUT2D eigenvalue weighted by Crippen LogP contribution is 2.13. The van der Waals surface area contributed by atoms with E-state index in [2.05, 4.69) is 10.6 Å². The smallest absolute Gasteiger partial charge is 0.227 e. The molecule has 0 bridgehead atoms. The highest BCUT2D eigenvalue weighted by molar-refractivity contribution is 5.79. The Balaban J connectivity index is 2.21. The summed E-state index contributed by atoms with van der Waals surface area (Å²) in [6, 6.07) is 0.152. The molecule has 1 aliphatic rings. The summed E-state index contributed by atoms with van der Waals surface area (Å²) in [5, 5.41) is 6.00. The van der Waals surface area contributed by atoms with Gasteiger partial charge in [-0.2, -0.15) is 0 Å². The monoisotopic (exact) mass is 215 g/mol. The molecule has 1 rings (SSSR count). The maximum atomic E-state index is 11.7. The lowest BCUT2D eigenvalue weighted by atomic mass is 10.0. The molecule has 0 spiro atoms. The van der Waals surface area contributed by atoms with Crippen LogP contribution >= 0.6 is 0 Å². The molecule has 0 radical (unpaired) electrons. The summed E-state index contributed by atoms with van der Waals surface area (Å²) in [6.45, 7) is 2.54. The van der Waals surface area contributed by atoms with Gasteiger partial charge in [-0.25, -0.2) is 0 Å². The van der Waals surface area contributed by atoms with Crippen LogP contribution in [0.2, 0.25) is 0 Å². The van der Waals surface area contributed by atoms with Crippen molar-refractivity contribution in [2.45, 2.75) is 18.9 Å². The Morgan fingerprint density at radius 3 is 2.93 bits per heavy atom. The third kappa shape index (κ3) is 3.77. The van der Waals surface area contributed by atoms with Gasteiger partial charge in [0.1, 0.15) is 0 Å². The summed E-state index contributed by atoms with van der Waals surface area (Å²) in [5.74, 6) is 0.0387. The number of ether oxygens (including phenoxy) is 1. The first-order valence-corrected chi connectivity index (χ1v) is 5.52. The molecule has 4 N–H and O–H groups in total. The highest BCUT2D eigenvalue weighted by atomic mass is 16.5. The first kappa shape index (κ1) is 12.4. The Morgan fingerprint density at radius 2 is 2.27 bits per heavy atom. The van der Waals surface area contributed by atoms with Crippen LogP contribution in [0.4, 0.5) is 0 Å². The van der Waals surface area contributed by atoms with Crippen molar-refractivity contribution in [1.29, 1.82) is 0 Å². The molecule has 1 heterocycles. The highest BCUT2D eigenvalue weighted by Gasteiger charge is 2.32. The van der Waals surface area contributed by atoms with Gasteiger partial charge in [0.05, 0.1) is 19.1 Å². The van der Waals surface area contributed by atoms with E-state index in [0.29, 0.717) is 26.3 Å². The summed E-state index contributed by atoms with van der Waals surface area (Å²) in [4.78, 5) is 11.7. The van der Waals surface area contributed by atoms with Gasteiger partial charge in [-0.1, -0.05) is 0 Å². The van der Waals surface area contributed by atoms with E-state index in [9.17, 15) is 4.79 Å². The number of nitrogens with one attached hydrogen (secondary N) is 2. The normalized spacial score (nSPS) is 25.5. The number of amides is 1. The molecule has 1 fully saturated rings. The minimum Gasteiger partial charge on any atom is -0.379 e. The average Bonchev–Trinajstić information content (AvgIpc) is 2.72. The Hall–Kier alpha value is -0.650. The van der Waals surface area contributed by atoms with Crippen molar-refractivity contribution < 1.29 is 9.53 Å². The largest absolute Gasteiger partial charge is 0.379 e. The lowest BCUT2D eigenvalue weighted by Crippen LogP contribution is -2.42. The third-order valence-corrected chi connectivity index (χ3v) is 2.72. The van der Waals surface area contributed by atoms with Crippen molar-refractivity contribution in [3.05, 3.63) is 0 Å². The zero-order valence-electron chi connectivity index (χ0n) is 9.29. The molecule has 88 valence electrons. The number of rotatable bonds is 6. The van der Waals surface area contributed by atoms with Gasteiger partial charge in [-0.05, 0) is 26.4 Å². The summed E-state index contributed by atoms with van der Waals surface area (Å²) in [7, 11) is 1.86. The predicted octanol–water partition coefficient (Wildman–Crippen LogP) is -0.924. The molecular formula is C10H21N3O2. The van der Waals surface area contributed by atoms with E-state index >= 15 is 0 Å². The van der Waals surface area contributed by atoms with Crippen molar-refractivity contribution >= 4 is 5.91 Å². The van der Waals surface area contributed by atoms with Gasteiger partial charge in [0, 0.05) is 12.6 Å². The summed E-state index contributed by atoms with van der Waals surface area (Å²) < 4.78 is 5.27. The van der Waals surface area contributed by atoms with Crippen LogP contribution in [-0.4, -0.2) is 45.3 Å². The number of nitrogens with two attached hydrogens (primary N) is 1. The second-order valence-corrected chi connectivity index (χ2v) is 3.83. The zero-order valence-corrected chi connectivity index (χ0v) is 9.29. The lowest BCUT2D eigenvalue weighted by Gasteiger charge is -2.16. The van der Waals surface area contributed by atoms with Gasteiger partial charge in [-0.3, -0.25) is 4.79 Å². The molecular weight excluding hydrogens is 194 g/mol. The number of hydrogen-bond acceptors (Lipinski definition) is 4. The van der Waals surface area contributed by atoms with Crippen LogP contribution in [0, 0.1) is 5.92 Å².